The number of hydrogen-bond acceptors (Lipinski definition) is 4. The van der Waals surface area contributed by atoms with Crippen LogP contribution in [0.5, 0.6) is 6.01 Å². The lowest BCUT2D eigenvalue weighted by molar-refractivity contribution is 0.262. The molecule has 1 heterocycles. The van der Waals surface area contributed by atoms with Crippen LogP contribution in [0.15, 0.2) is 30.6 Å². The highest BCUT2D eigenvalue weighted by Gasteiger charge is 2.06. The maximum atomic E-state index is 11.9. The Kier molecular flexibility index (Phi) is 4.14. The summed E-state index contributed by atoms with van der Waals surface area (Å²) in [6.45, 7) is 3.96. The van der Waals surface area contributed by atoms with Gasteiger partial charge in [0.25, 0.3) is 0 Å². The Hall–Kier alpha value is -2.63. The van der Waals surface area contributed by atoms with E-state index in [1.807, 2.05) is 32.0 Å². The number of aryl methyl sites for hydroxylation is 1. The topological polar surface area (TPSA) is 76.1 Å². The van der Waals surface area contributed by atoms with Crippen LogP contribution >= 0.6 is 0 Å². The second-order valence-corrected chi connectivity index (χ2v) is 4.29. The molecule has 0 unspecified atom stereocenters. The molecule has 0 saturated carbocycles. The van der Waals surface area contributed by atoms with Crippen molar-refractivity contribution in [3.05, 3.63) is 41.7 Å². The lowest BCUT2D eigenvalue weighted by Crippen LogP contribution is -2.20. The van der Waals surface area contributed by atoms with Gasteiger partial charge in [-0.25, -0.2) is 14.8 Å². The van der Waals surface area contributed by atoms with Crippen molar-refractivity contribution >= 4 is 17.4 Å². The summed E-state index contributed by atoms with van der Waals surface area (Å²) in [4.78, 5) is 19.7. The molecule has 0 aliphatic heterocycles. The molecule has 0 spiro atoms. The molecular formula is C14H16N4O2. The molecule has 104 valence electrons. The Balaban J connectivity index is 2.03. The first-order chi connectivity index (χ1) is 9.60. The highest BCUT2D eigenvalue weighted by molar-refractivity contribution is 6.00. The van der Waals surface area contributed by atoms with Gasteiger partial charge < -0.3 is 15.4 Å². The van der Waals surface area contributed by atoms with Gasteiger partial charge in [0.2, 0.25) is 0 Å². The van der Waals surface area contributed by atoms with E-state index >= 15 is 0 Å². The molecule has 1 aromatic heterocycles. The molecule has 2 N–H and O–H groups in total. The number of carbonyl (C=O) groups excluding carboxylic acids is 1. The first-order valence-electron chi connectivity index (χ1n) is 6.10. The van der Waals surface area contributed by atoms with E-state index in [-0.39, 0.29) is 12.0 Å². The van der Waals surface area contributed by atoms with E-state index in [0.717, 1.165) is 16.8 Å². The third-order valence-corrected chi connectivity index (χ3v) is 2.92. The number of methoxy groups -OCH3 is 1. The van der Waals surface area contributed by atoms with E-state index in [1.54, 1.807) is 0 Å². The predicted octanol–water partition coefficient (Wildman–Crippen LogP) is 2.75. The second-order valence-electron chi connectivity index (χ2n) is 4.29. The van der Waals surface area contributed by atoms with Crippen LogP contribution in [0.2, 0.25) is 0 Å². The Morgan fingerprint density at radius 3 is 2.50 bits per heavy atom. The van der Waals surface area contributed by atoms with Crippen molar-refractivity contribution in [3.8, 4) is 6.01 Å². The van der Waals surface area contributed by atoms with Gasteiger partial charge in [-0.05, 0) is 31.0 Å². The van der Waals surface area contributed by atoms with Crippen molar-refractivity contribution in [1.29, 1.82) is 0 Å². The van der Waals surface area contributed by atoms with Gasteiger partial charge in [-0.15, -0.1) is 0 Å². The van der Waals surface area contributed by atoms with E-state index in [1.165, 1.54) is 19.5 Å². The van der Waals surface area contributed by atoms with Gasteiger partial charge in [0.15, 0.2) is 0 Å². The number of urea groups is 1. The fraction of sp³-hybridized carbons (Fsp3) is 0.214. The summed E-state index contributed by atoms with van der Waals surface area (Å²) in [5.41, 5.74) is 3.43. The van der Waals surface area contributed by atoms with Crippen molar-refractivity contribution in [2.75, 3.05) is 17.7 Å². The van der Waals surface area contributed by atoms with Gasteiger partial charge in [-0.2, -0.15) is 0 Å². The van der Waals surface area contributed by atoms with Crippen LogP contribution in [-0.2, 0) is 0 Å². The van der Waals surface area contributed by atoms with Crippen LogP contribution in [-0.4, -0.2) is 23.1 Å². The number of nitrogens with zero attached hydrogens (tertiary/aromatic N) is 2. The second kappa shape index (κ2) is 6.01. The molecule has 0 atom stereocenters. The molecule has 0 radical (unpaired) electrons. The van der Waals surface area contributed by atoms with Gasteiger partial charge >= 0.3 is 12.0 Å². The number of aromatic nitrogens is 2. The molecule has 6 nitrogen and oxygen atoms in total. The van der Waals surface area contributed by atoms with Gasteiger partial charge in [-0.1, -0.05) is 12.1 Å². The highest BCUT2D eigenvalue weighted by Crippen LogP contribution is 2.18. The summed E-state index contributed by atoms with van der Waals surface area (Å²) in [6.07, 6.45) is 2.96. The van der Waals surface area contributed by atoms with Crippen molar-refractivity contribution in [2.45, 2.75) is 13.8 Å². The molecule has 0 aliphatic rings. The van der Waals surface area contributed by atoms with Crippen LogP contribution in [0.1, 0.15) is 11.1 Å². The molecule has 0 aliphatic carbocycles. The van der Waals surface area contributed by atoms with Gasteiger partial charge in [-0.3, -0.25) is 0 Å². The zero-order valence-corrected chi connectivity index (χ0v) is 11.6. The molecule has 2 amide bonds. The Morgan fingerprint density at radius 2 is 1.85 bits per heavy atom. The lowest BCUT2D eigenvalue weighted by Gasteiger charge is -2.11. The van der Waals surface area contributed by atoms with Crippen molar-refractivity contribution in [3.63, 3.8) is 0 Å². The Morgan fingerprint density at radius 1 is 1.15 bits per heavy atom. The van der Waals surface area contributed by atoms with E-state index in [0.29, 0.717) is 5.69 Å². The maximum Gasteiger partial charge on any atom is 0.323 e. The van der Waals surface area contributed by atoms with Gasteiger partial charge in [0.1, 0.15) is 0 Å². The third-order valence-electron chi connectivity index (χ3n) is 2.92. The largest absolute Gasteiger partial charge is 0.467 e. The summed E-state index contributed by atoms with van der Waals surface area (Å²) < 4.78 is 4.85. The molecular weight excluding hydrogens is 256 g/mol. The summed E-state index contributed by atoms with van der Waals surface area (Å²) >= 11 is 0. The van der Waals surface area contributed by atoms with Crippen LogP contribution in [0.25, 0.3) is 0 Å². The first-order valence-corrected chi connectivity index (χ1v) is 6.10. The number of amides is 2. The summed E-state index contributed by atoms with van der Waals surface area (Å²) in [5, 5.41) is 5.45. The fourth-order valence-electron chi connectivity index (χ4n) is 1.66. The van der Waals surface area contributed by atoms with E-state index in [9.17, 15) is 4.79 Å². The van der Waals surface area contributed by atoms with Gasteiger partial charge in [0.05, 0.1) is 25.2 Å². The molecule has 0 fully saturated rings. The van der Waals surface area contributed by atoms with E-state index in [2.05, 4.69) is 20.6 Å². The average molecular weight is 272 g/mol. The normalized spacial score (nSPS) is 9.95. The van der Waals surface area contributed by atoms with E-state index < -0.39 is 0 Å². The smallest absolute Gasteiger partial charge is 0.323 e. The average Bonchev–Trinajstić information content (AvgIpc) is 2.45. The molecule has 0 saturated heterocycles. The number of anilines is 2. The summed E-state index contributed by atoms with van der Waals surface area (Å²) in [7, 11) is 1.48. The van der Waals surface area contributed by atoms with E-state index in [4.69, 9.17) is 4.74 Å². The highest BCUT2D eigenvalue weighted by atomic mass is 16.5. The van der Waals surface area contributed by atoms with Crippen LogP contribution in [0.4, 0.5) is 16.2 Å². The minimum Gasteiger partial charge on any atom is -0.467 e. The molecule has 6 heteroatoms. The number of ether oxygens (including phenoxy) is 1. The number of rotatable bonds is 3. The number of hydrogen-bond donors (Lipinski definition) is 2. The number of benzene rings is 1. The Labute approximate surface area is 117 Å². The van der Waals surface area contributed by atoms with Crippen LogP contribution in [0, 0.1) is 13.8 Å². The summed E-state index contributed by atoms with van der Waals surface area (Å²) in [5.74, 6) is 0. The molecule has 2 rings (SSSR count). The lowest BCUT2D eigenvalue weighted by atomic mass is 10.1. The van der Waals surface area contributed by atoms with Crippen LogP contribution in [0.3, 0.4) is 0 Å². The van der Waals surface area contributed by atoms with Crippen molar-refractivity contribution < 1.29 is 9.53 Å². The standard InChI is InChI=1S/C14H16N4O2/c1-9-5-4-6-12(10(9)2)18-13(19)17-11-7-15-14(20-3)16-8-11/h4-8H,1-3H3,(H2,17,18,19). The zero-order chi connectivity index (χ0) is 14.5. The predicted molar refractivity (Wildman–Crippen MR) is 77.1 cm³/mol. The molecule has 1 aromatic carbocycles. The fourth-order valence-corrected chi connectivity index (χ4v) is 1.66. The Bertz CT molecular complexity index is 611. The molecule has 0 bridgehead atoms. The SMILES string of the molecule is COc1ncc(NC(=O)Nc2cccc(C)c2C)cn1. The molecule has 20 heavy (non-hydrogen) atoms. The third kappa shape index (κ3) is 3.23. The quantitative estimate of drug-likeness (QED) is 0.900. The number of carbonyl (C=O) groups is 1. The monoisotopic (exact) mass is 272 g/mol. The summed E-state index contributed by atoms with van der Waals surface area (Å²) in [6, 6.07) is 5.66. The van der Waals surface area contributed by atoms with Gasteiger partial charge in [0, 0.05) is 5.69 Å². The zero-order valence-electron chi connectivity index (χ0n) is 11.6. The minimum absolute atomic E-state index is 0.255. The minimum atomic E-state index is -0.340. The van der Waals surface area contributed by atoms with Crippen molar-refractivity contribution in [1.82, 2.24) is 9.97 Å². The van der Waals surface area contributed by atoms with Crippen LogP contribution < -0.4 is 15.4 Å². The van der Waals surface area contributed by atoms with Crippen molar-refractivity contribution in [2.24, 2.45) is 0 Å². The maximum absolute atomic E-state index is 11.9. The first kappa shape index (κ1) is 13.8. The number of nitrogens with one attached hydrogen (secondary N) is 2. The molecule has 2 aromatic rings.